The van der Waals surface area contributed by atoms with Crippen LogP contribution in [0.25, 0.3) is 0 Å². The number of aliphatic hydroxyl groups excluding tert-OH is 1. The van der Waals surface area contributed by atoms with Gasteiger partial charge in [-0.2, -0.15) is 0 Å². The fourth-order valence-corrected chi connectivity index (χ4v) is 3.12. The van der Waals surface area contributed by atoms with E-state index in [1.807, 2.05) is 18.2 Å². The third-order valence-electron chi connectivity index (χ3n) is 3.82. The summed E-state index contributed by atoms with van der Waals surface area (Å²) in [5, 5.41) is 12.0. The second-order valence-corrected chi connectivity index (χ2v) is 6.68. The van der Waals surface area contributed by atoms with Crippen LogP contribution in [-0.4, -0.2) is 29.9 Å². The van der Waals surface area contributed by atoms with Crippen LogP contribution in [0.5, 0.6) is 0 Å². The minimum absolute atomic E-state index is 0.142. The van der Waals surface area contributed by atoms with Crippen molar-refractivity contribution in [2.45, 2.75) is 37.0 Å². The van der Waals surface area contributed by atoms with E-state index in [0.29, 0.717) is 6.42 Å². The fourth-order valence-electron chi connectivity index (χ4n) is 2.24. The number of carbonyl (C=O) groups excluding carboxylic acids is 1. The molecule has 20 heavy (non-hydrogen) atoms. The first kappa shape index (κ1) is 15.4. The first-order chi connectivity index (χ1) is 9.74. The predicted octanol–water partition coefficient (Wildman–Crippen LogP) is 2.84. The smallest absolute Gasteiger partial charge is 0.220 e. The molecule has 4 heteroatoms. The Morgan fingerprint density at radius 3 is 2.70 bits per heavy atom. The van der Waals surface area contributed by atoms with Gasteiger partial charge in [-0.05, 0) is 49.0 Å². The zero-order chi connectivity index (χ0) is 14.3. The van der Waals surface area contributed by atoms with Crippen LogP contribution in [0.15, 0.2) is 35.2 Å². The third kappa shape index (κ3) is 5.17. The van der Waals surface area contributed by atoms with E-state index in [1.165, 1.54) is 4.90 Å². The number of aliphatic hydroxyl groups is 1. The molecule has 2 rings (SSSR count). The van der Waals surface area contributed by atoms with Crippen LogP contribution in [0.3, 0.4) is 0 Å². The molecule has 110 valence electrons. The largest absolute Gasteiger partial charge is 0.396 e. The molecule has 1 aromatic rings. The molecule has 2 N–H and O–H groups in total. The molecule has 0 unspecified atom stereocenters. The highest BCUT2D eigenvalue weighted by Gasteiger charge is 2.41. The van der Waals surface area contributed by atoms with E-state index >= 15 is 0 Å². The van der Waals surface area contributed by atoms with Crippen molar-refractivity contribution in [3.05, 3.63) is 30.3 Å². The van der Waals surface area contributed by atoms with Crippen LogP contribution in [0, 0.1) is 5.41 Å². The van der Waals surface area contributed by atoms with Gasteiger partial charge >= 0.3 is 0 Å². The van der Waals surface area contributed by atoms with Gasteiger partial charge in [-0.3, -0.25) is 4.79 Å². The summed E-state index contributed by atoms with van der Waals surface area (Å²) in [7, 11) is 0. The first-order valence-corrected chi connectivity index (χ1v) is 8.28. The Morgan fingerprint density at radius 2 is 2.05 bits per heavy atom. The Morgan fingerprint density at radius 1 is 1.30 bits per heavy atom. The Kier molecular flexibility index (Phi) is 5.92. The van der Waals surface area contributed by atoms with Crippen LogP contribution in [-0.2, 0) is 4.79 Å². The highest BCUT2D eigenvalue weighted by molar-refractivity contribution is 7.99. The number of carbonyl (C=O) groups is 1. The van der Waals surface area contributed by atoms with Gasteiger partial charge in [0.05, 0.1) is 0 Å². The molecule has 0 bridgehead atoms. The molecule has 0 atom stereocenters. The van der Waals surface area contributed by atoms with Gasteiger partial charge in [-0.1, -0.05) is 18.2 Å². The zero-order valence-electron chi connectivity index (χ0n) is 11.8. The number of nitrogens with one attached hydrogen (secondary N) is 1. The van der Waals surface area contributed by atoms with Gasteiger partial charge in [0.25, 0.3) is 0 Å². The zero-order valence-corrected chi connectivity index (χ0v) is 12.6. The minimum atomic E-state index is 0.142. The summed E-state index contributed by atoms with van der Waals surface area (Å²) in [6.45, 7) is 0.960. The van der Waals surface area contributed by atoms with Gasteiger partial charge in [-0.15, -0.1) is 11.8 Å². The van der Waals surface area contributed by atoms with Crippen molar-refractivity contribution in [3.8, 4) is 0 Å². The molecule has 1 amide bonds. The second kappa shape index (κ2) is 7.70. The van der Waals surface area contributed by atoms with Gasteiger partial charge in [0.2, 0.25) is 5.91 Å². The average Bonchev–Trinajstić information content (AvgIpc) is 3.23. The minimum Gasteiger partial charge on any atom is -0.396 e. The Labute approximate surface area is 125 Å². The lowest BCUT2D eigenvalue weighted by Crippen LogP contribution is -2.30. The van der Waals surface area contributed by atoms with Crippen molar-refractivity contribution in [2.75, 3.05) is 18.9 Å². The maximum Gasteiger partial charge on any atom is 0.220 e. The van der Waals surface area contributed by atoms with E-state index in [1.54, 1.807) is 11.8 Å². The van der Waals surface area contributed by atoms with Crippen molar-refractivity contribution in [2.24, 2.45) is 5.41 Å². The highest BCUT2D eigenvalue weighted by atomic mass is 32.2. The van der Waals surface area contributed by atoms with Gasteiger partial charge < -0.3 is 10.4 Å². The standard InChI is InChI=1S/C16H23NO2S/c18-11-10-16(8-9-16)13-17-15(19)7-4-12-20-14-5-2-1-3-6-14/h1-3,5-6,18H,4,7-13H2,(H,17,19). The van der Waals surface area contributed by atoms with Crippen LogP contribution < -0.4 is 5.32 Å². The molecule has 0 aliphatic heterocycles. The highest BCUT2D eigenvalue weighted by Crippen LogP contribution is 2.47. The van der Waals surface area contributed by atoms with Crippen molar-refractivity contribution in [1.29, 1.82) is 0 Å². The number of hydrogen-bond acceptors (Lipinski definition) is 3. The quantitative estimate of drug-likeness (QED) is 0.544. The van der Waals surface area contributed by atoms with E-state index < -0.39 is 0 Å². The number of hydrogen-bond donors (Lipinski definition) is 2. The Bertz CT molecular complexity index is 418. The lowest BCUT2D eigenvalue weighted by molar-refractivity contribution is -0.121. The molecule has 1 fully saturated rings. The lowest BCUT2D eigenvalue weighted by Gasteiger charge is -2.14. The lowest BCUT2D eigenvalue weighted by atomic mass is 10.0. The van der Waals surface area contributed by atoms with Crippen molar-refractivity contribution >= 4 is 17.7 Å². The molecule has 3 nitrogen and oxygen atoms in total. The molecule has 1 aromatic carbocycles. The summed E-state index contributed by atoms with van der Waals surface area (Å²) in [4.78, 5) is 13.0. The van der Waals surface area contributed by atoms with Crippen LogP contribution >= 0.6 is 11.8 Å². The van der Waals surface area contributed by atoms with E-state index in [9.17, 15) is 4.79 Å². The summed E-state index contributed by atoms with van der Waals surface area (Å²) < 4.78 is 0. The van der Waals surface area contributed by atoms with Crippen molar-refractivity contribution in [1.82, 2.24) is 5.32 Å². The summed E-state index contributed by atoms with van der Waals surface area (Å²) in [6, 6.07) is 10.3. The average molecular weight is 293 g/mol. The van der Waals surface area contributed by atoms with E-state index in [-0.39, 0.29) is 17.9 Å². The number of benzene rings is 1. The number of amides is 1. The van der Waals surface area contributed by atoms with Gasteiger partial charge in [0, 0.05) is 24.5 Å². The molecule has 0 heterocycles. The molecular formula is C16H23NO2S. The number of rotatable bonds is 9. The monoisotopic (exact) mass is 293 g/mol. The molecule has 0 aromatic heterocycles. The number of thioether (sulfide) groups is 1. The first-order valence-electron chi connectivity index (χ1n) is 7.30. The molecule has 0 saturated heterocycles. The van der Waals surface area contributed by atoms with Crippen LogP contribution in [0.4, 0.5) is 0 Å². The molecule has 1 aliphatic carbocycles. The normalized spacial score (nSPS) is 15.8. The maximum absolute atomic E-state index is 11.8. The molecule has 1 aliphatic rings. The fraction of sp³-hybridized carbons (Fsp3) is 0.562. The van der Waals surface area contributed by atoms with Gasteiger partial charge in [0.1, 0.15) is 0 Å². The van der Waals surface area contributed by atoms with Crippen LogP contribution in [0.1, 0.15) is 32.1 Å². The summed E-state index contributed by atoms with van der Waals surface area (Å²) in [5.41, 5.74) is 0.212. The predicted molar refractivity (Wildman–Crippen MR) is 82.8 cm³/mol. The van der Waals surface area contributed by atoms with E-state index in [0.717, 1.165) is 38.0 Å². The van der Waals surface area contributed by atoms with Gasteiger partial charge in [0.15, 0.2) is 0 Å². The molecule has 1 saturated carbocycles. The molecule has 0 spiro atoms. The molecular weight excluding hydrogens is 270 g/mol. The molecule has 0 radical (unpaired) electrons. The SMILES string of the molecule is O=C(CCCSc1ccccc1)NCC1(CCO)CC1. The van der Waals surface area contributed by atoms with E-state index in [4.69, 9.17) is 5.11 Å². The summed E-state index contributed by atoms with van der Waals surface area (Å²) in [5.74, 6) is 1.11. The third-order valence-corrected chi connectivity index (χ3v) is 4.92. The van der Waals surface area contributed by atoms with Gasteiger partial charge in [-0.25, -0.2) is 0 Å². The van der Waals surface area contributed by atoms with Crippen LogP contribution in [0.2, 0.25) is 0 Å². The van der Waals surface area contributed by atoms with Crippen molar-refractivity contribution < 1.29 is 9.90 Å². The Hall–Kier alpha value is -1.00. The Balaban J connectivity index is 1.54. The second-order valence-electron chi connectivity index (χ2n) is 5.52. The maximum atomic E-state index is 11.8. The summed E-state index contributed by atoms with van der Waals surface area (Å²) >= 11 is 1.79. The topological polar surface area (TPSA) is 49.3 Å². The summed E-state index contributed by atoms with van der Waals surface area (Å²) in [6.07, 6.45) is 4.58. The van der Waals surface area contributed by atoms with Crippen molar-refractivity contribution in [3.63, 3.8) is 0 Å². The van der Waals surface area contributed by atoms with E-state index in [2.05, 4.69) is 17.4 Å².